The Morgan fingerprint density at radius 1 is 1.06 bits per heavy atom. The number of hydrogen-bond acceptors (Lipinski definition) is 8. The molecule has 0 fully saturated rings. The van der Waals surface area contributed by atoms with Crippen molar-refractivity contribution < 1.29 is 18.3 Å². The highest BCUT2D eigenvalue weighted by molar-refractivity contribution is 5.53. The highest BCUT2D eigenvalue weighted by Crippen LogP contribution is 2.30. The molecule has 3 N–H and O–H groups in total. The average molecular weight is 430 g/mol. The fraction of sp³-hybridized carbons (Fsp3) is 0.286. The highest BCUT2D eigenvalue weighted by Gasteiger charge is 2.18. The lowest BCUT2D eigenvalue weighted by molar-refractivity contribution is -0.0512. The lowest BCUT2D eigenvalue weighted by Crippen LogP contribution is -2.24. The quantitative estimate of drug-likeness (QED) is 0.526. The lowest BCUT2D eigenvalue weighted by Gasteiger charge is -2.24. The summed E-state index contributed by atoms with van der Waals surface area (Å²) in [4.78, 5) is 14.9. The van der Waals surface area contributed by atoms with Crippen LogP contribution in [0.4, 0.5) is 26.4 Å². The number of nitrogens with zero attached hydrogens (tertiary/aromatic N) is 4. The van der Waals surface area contributed by atoms with Crippen molar-refractivity contribution in [3.63, 3.8) is 0 Å². The minimum atomic E-state index is -2.92. The summed E-state index contributed by atoms with van der Waals surface area (Å²) in [6, 6.07) is 14.1. The Kier molecular flexibility index (Phi) is 7.14. The van der Waals surface area contributed by atoms with E-state index in [0.717, 1.165) is 11.3 Å². The third-order valence-corrected chi connectivity index (χ3v) is 4.61. The first-order valence-electron chi connectivity index (χ1n) is 9.51. The number of ether oxygens (including phenoxy) is 2. The molecular weight excluding hydrogens is 406 g/mol. The predicted octanol–water partition coefficient (Wildman–Crippen LogP) is 4.00. The Morgan fingerprint density at radius 2 is 1.81 bits per heavy atom. The van der Waals surface area contributed by atoms with E-state index in [9.17, 15) is 8.78 Å². The van der Waals surface area contributed by atoms with Crippen molar-refractivity contribution in [2.24, 2.45) is 0 Å². The topological polar surface area (TPSA) is 98.4 Å². The number of nitrogen functional groups attached to an aromatic ring is 1. The van der Waals surface area contributed by atoms with Gasteiger partial charge in [0.1, 0.15) is 0 Å². The van der Waals surface area contributed by atoms with Crippen molar-refractivity contribution in [2.45, 2.75) is 26.1 Å². The average Bonchev–Trinajstić information content (AvgIpc) is 2.74. The maximum Gasteiger partial charge on any atom is 0.387 e. The minimum absolute atomic E-state index is 0.0150. The summed E-state index contributed by atoms with van der Waals surface area (Å²) in [6.07, 6.45) is 0. The minimum Gasteiger partial charge on any atom is -0.493 e. The molecule has 0 aliphatic heterocycles. The second-order valence-corrected chi connectivity index (χ2v) is 6.82. The van der Waals surface area contributed by atoms with Crippen LogP contribution in [0.25, 0.3) is 0 Å². The van der Waals surface area contributed by atoms with Gasteiger partial charge in [-0.3, -0.25) is 4.90 Å². The molecule has 0 amide bonds. The maximum atomic E-state index is 12.5. The molecule has 1 unspecified atom stereocenters. The zero-order chi connectivity index (χ0) is 22.4. The predicted molar refractivity (Wildman–Crippen MR) is 113 cm³/mol. The molecule has 8 nitrogen and oxygen atoms in total. The smallest absolute Gasteiger partial charge is 0.387 e. The number of para-hydroxylation sites is 1. The maximum absolute atomic E-state index is 12.5. The molecule has 3 aromatic rings. The molecule has 10 heteroatoms. The fourth-order valence-electron chi connectivity index (χ4n) is 2.93. The van der Waals surface area contributed by atoms with E-state index < -0.39 is 6.61 Å². The molecule has 0 aliphatic carbocycles. The van der Waals surface area contributed by atoms with Crippen LogP contribution in [-0.4, -0.2) is 40.6 Å². The molecule has 31 heavy (non-hydrogen) atoms. The van der Waals surface area contributed by atoms with Crippen molar-refractivity contribution in [2.75, 3.05) is 25.2 Å². The number of nitrogens with two attached hydrogens (primary N) is 1. The fourth-order valence-corrected chi connectivity index (χ4v) is 2.93. The van der Waals surface area contributed by atoms with Crippen LogP contribution in [0, 0.1) is 0 Å². The molecule has 3 rings (SSSR count). The normalized spacial score (nSPS) is 12.1. The number of benzene rings is 2. The van der Waals surface area contributed by atoms with Gasteiger partial charge in [0.2, 0.25) is 11.9 Å². The van der Waals surface area contributed by atoms with Gasteiger partial charge in [0, 0.05) is 12.2 Å². The lowest BCUT2D eigenvalue weighted by atomic mass is 10.1. The Labute approximate surface area is 179 Å². The first-order valence-corrected chi connectivity index (χ1v) is 9.51. The number of halogens is 2. The van der Waals surface area contributed by atoms with Crippen LogP contribution in [0.1, 0.15) is 24.4 Å². The molecule has 0 spiro atoms. The summed E-state index contributed by atoms with van der Waals surface area (Å²) in [5.41, 5.74) is 7.56. The van der Waals surface area contributed by atoms with E-state index in [1.807, 2.05) is 49.2 Å². The zero-order valence-electron chi connectivity index (χ0n) is 17.4. The summed E-state index contributed by atoms with van der Waals surface area (Å²) in [5.74, 6) is 1.18. The molecule has 0 saturated heterocycles. The van der Waals surface area contributed by atoms with Gasteiger partial charge >= 0.3 is 6.61 Å². The number of aromatic nitrogens is 3. The summed E-state index contributed by atoms with van der Waals surface area (Å²) in [5, 5.41) is 3.11. The Hall–Kier alpha value is -3.53. The van der Waals surface area contributed by atoms with E-state index in [0.29, 0.717) is 18.3 Å². The summed E-state index contributed by atoms with van der Waals surface area (Å²) in [7, 11) is 3.30. The van der Waals surface area contributed by atoms with Crippen LogP contribution in [0.2, 0.25) is 0 Å². The molecular formula is C21H24F2N6O2. The van der Waals surface area contributed by atoms with Crippen molar-refractivity contribution in [3.8, 4) is 11.5 Å². The van der Waals surface area contributed by atoms with Crippen LogP contribution in [0.15, 0.2) is 48.5 Å². The first kappa shape index (κ1) is 22.2. The van der Waals surface area contributed by atoms with Gasteiger partial charge in [0.25, 0.3) is 0 Å². The van der Waals surface area contributed by atoms with Gasteiger partial charge in [-0.2, -0.15) is 23.7 Å². The van der Waals surface area contributed by atoms with Crippen LogP contribution in [0.3, 0.4) is 0 Å². The van der Waals surface area contributed by atoms with E-state index in [1.165, 1.54) is 13.2 Å². The summed E-state index contributed by atoms with van der Waals surface area (Å²) < 4.78 is 34.7. The Bertz CT molecular complexity index is 1010. The number of rotatable bonds is 9. The summed E-state index contributed by atoms with van der Waals surface area (Å²) >= 11 is 0. The number of anilines is 3. The van der Waals surface area contributed by atoms with Crippen LogP contribution in [-0.2, 0) is 6.54 Å². The van der Waals surface area contributed by atoms with Gasteiger partial charge < -0.3 is 20.5 Å². The third-order valence-electron chi connectivity index (χ3n) is 4.61. The van der Waals surface area contributed by atoms with Gasteiger partial charge in [0.05, 0.1) is 13.2 Å². The van der Waals surface area contributed by atoms with Crippen LogP contribution in [0.5, 0.6) is 11.5 Å². The van der Waals surface area contributed by atoms with Gasteiger partial charge in [-0.15, -0.1) is 0 Å². The number of nitrogens with one attached hydrogen (secondary N) is 1. The molecule has 0 radical (unpaired) electrons. The molecule has 0 aliphatic rings. The molecule has 1 atom stereocenters. The second-order valence-electron chi connectivity index (χ2n) is 6.82. The molecule has 0 saturated carbocycles. The van der Waals surface area contributed by atoms with Crippen LogP contribution < -0.4 is 20.5 Å². The summed E-state index contributed by atoms with van der Waals surface area (Å²) in [6.45, 7) is -0.498. The van der Waals surface area contributed by atoms with Gasteiger partial charge in [-0.05, 0) is 43.8 Å². The van der Waals surface area contributed by atoms with E-state index in [4.69, 9.17) is 10.5 Å². The monoisotopic (exact) mass is 430 g/mol. The van der Waals surface area contributed by atoms with E-state index >= 15 is 0 Å². The van der Waals surface area contributed by atoms with Crippen molar-refractivity contribution in [1.82, 2.24) is 19.9 Å². The van der Waals surface area contributed by atoms with Gasteiger partial charge in [0.15, 0.2) is 17.3 Å². The SMILES string of the molecule is COc1cc(CN(C)C(C)c2nc(N)nc(Nc3ccccc3)n2)ccc1OC(F)F. The van der Waals surface area contributed by atoms with E-state index in [1.54, 1.807) is 12.1 Å². The van der Waals surface area contributed by atoms with Gasteiger partial charge in [-0.1, -0.05) is 24.3 Å². The molecule has 1 aromatic heterocycles. The molecule has 164 valence electrons. The largest absolute Gasteiger partial charge is 0.493 e. The number of methoxy groups -OCH3 is 1. The van der Waals surface area contributed by atoms with Crippen molar-refractivity contribution in [3.05, 3.63) is 59.9 Å². The third kappa shape index (κ3) is 5.98. The molecule has 1 heterocycles. The van der Waals surface area contributed by atoms with E-state index in [-0.39, 0.29) is 23.5 Å². The zero-order valence-corrected chi connectivity index (χ0v) is 17.4. The van der Waals surface area contributed by atoms with Gasteiger partial charge in [-0.25, -0.2) is 0 Å². The van der Waals surface area contributed by atoms with Crippen LogP contribution >= 0.6 is 0 Å². The Morgan fingerprint density at radius 3 is 2.48 bits per heavy atom. The second kappa shape index (κ2) is 9.98. The first-order chi connectivity index (χ1) is 14.9. The number of hydrogen-bond donors (Lipinski definition) is 2. The van der Waals surface area contributed by atoms with E-state index in [2.05, 4.69) is 25.0 Å². The highest BCUT2D eigenvalue weighted by atomic mass is 19.3. The van der Waals surface area contributed by atoms with Crippen molar-refractivity contribution in [1.29, 1.82) is 0 Å². The van der Waals surface area contributed by atoms with Crippen molar-refractivity contribution >= 4 is 17.6 Å². The standard InChI is InChI=1S/C21H24F2N6O2/c1-13(18-26-20(24)28-21(27-18)25-15-7-5-4-6-8-15)29(2)12-14-9-10-16(31-19(22)23)17(11-14)30-3/h4-11,13,19H,12H2,1-3H3,(H3,24,25,26,27,28). The molecule has 2 aromatic carbocycles. The Balaban J connectivity index is 1.74. The number of alkyl halides is 2. The molecule has 0 bridgehead atoms.